The molecule has 0 spiro atoms. The van der Waals surface area contributed by atoms with Crippen molar-refractivity contribution in [2.75, 3.05) is 24.2 Å². The third kappa shape index (κ3) is 3.61. The summed E-state index contributed by atoms with van der Waals surface area (Å²) >= 11 is 0. The highest BCUT2D eigenvalue weighted by molar-refractivity contribution is 5.72. The molecular formula is C13H18N4O2. The summed E-state index contributed by atoms with van der Waals surface area (Å²) in [5, 5.41) is 6.79. The predicted octanol–water partition coefficient (Wildman–Crippen LogP) is 2.10. The second-order valence-electron chi connectivity index (χ2n) is 4.08. The van der Waals surface area contributed by atoms with Gasteiger partial charge in [0.25, 0.3) is 0 Å². The van der Waals surface area contributed by atoms with Crippen molar-refractivity contribution in [2.45, 2.75) is 19.8 Å². The van der Waals surface area contributed by atoms with Gasteiger partial charge in [0.2, 0.25) is 5.89 Å². The molecule has 0 amide bonds. The van der Waals surface area contributed by atoms with Gasteiger partial charge >= 0.3 is 0 Å². The summed E-state index contributed by atoms with van der Waals surface area (Å²) < 4.78 is 10.5. The molecule has 2 rings (SSSR count). The highest BCUT2D eigenvalue weighted by Gasteiger charge is 2.06. The third-order valence-electron chi connectivity index (χ3n) is 2.59. The van der Waals surface area contributed by atoms with Crippen molar-refractivity contribution in [3.63, 3.8) is 0 Å². The topological polar surface area (TPSA) is 86.2 Å². The molecule has 0 saturated carbocycles. The zero-order valence-electron chi connectivity index (χ0n) is 10.9. The van der Waals surface area contributed by atoms with Crippen LogP contribution in [0.1, 0.15) is 19.2 Å². The molecule has 0 unspecified atom stereocenters. The van der Waals surface area contributed by atoms with E-state index in [0.717, 1.165) is 12.1 Å². The first kappa shape index (κ1) is 13.2. The minimum atomic E-state index is 0.601. The van der Waals surface area contributed by atoms with Crippen LogP contribution < -0.4 is 15.8 Å². The summed E-state index contributed by atoms with van der Waals surface area (Å²) in [6, 6.07) is 5.70. The van der Waals surface area contributed by atoms with Crippen LogP contribution in [-0.4, -0.2) is 23.3 Å². The van der Waals surface area contributed by atoms with Crippen molar-refractivity contribution in [1.29, 1.82) is 0 Å². The molecule has 6 nitrogen and oxygen atoms in total. The number of para-hydroxylation sites is 1. The fraction of sp³-hybridized carbons (Fsp3) is 0.385. The molecule has 0 aliphatic carbocycles. The number of rotatable bonds is 7. The summed E-state index contributed by atoms with van der Waals surface area (Å²) in [4.78, 5) is 3.95. The molecule has 19 heavy (non-hydrogen) atoms. The lowest BCUT2D eigenvalue weighted by Crippen LogP contribution is -2.08. The highest BCUT2D eigenvalue weighted by atomic mass is 16.5. The van der Waals surface area contributed by atoms with E-state index >= 15 is 0 Å². The number of aromatic nitrogens is 2. The van der Waals surface area contributed by atoms with E-state index < -0.39 is 0 Å². The number of anilines is 2. The van der Waals surface area contributed by atoms with Crippen LogP contribution in [0, 0.1) is 0 Å². The molecule has 0 radical (unpaired) electrons. The van der Waals surface area contributed by atoms with Crippen molar-refractivity contribution < 1.29 is 9.26 Å². The Bertz CT molecular complexity index is 499. The Kier molecular flexibility index (Phi) is 4.60. The number of hydrogen-bond donors (Lipinski definition) is 2. The van der Waals surface area contributed by atoms with Gasteiger partial charge in [-0.25, -0.2) is 0 Å². The number of nitrogens with zero attached hydrogens (tertiary/aromatic N) is 2. The smallest absolute Gasteiger partial charge is 0.228 e. The average Bonchev–Trinajstić information content (AvgIpc) is 2.92. The molecule has 1 heterocycles. The fourth-order valence-corrected chi connectivity index (χ4v) is 1.65. The lowest BCUT2D eigenvalue weighted by molar-refractivity contribution is 0.319. The zero-order valence-corrected chi connectivity index (χ0v) is 10.9. The van der Waals surface area contributed by atoms with Gasteiger partial charge < -0.3 is 20.3 Å². The molecule has 102 valence electrons. The second-order valence-corrected chi connectivity index (χ2v) is 4.08. The van der Waals surface area contributed by atoms with E-state index in [4.69, 9.17) is 15.0 Å². The van der Waals surface area contributed by atoms with Crippen LogP contribution in [0.5, 0.6) is 5.75 Å². The van der Waals surface area contributed by atoms with Gasteiger partial charge in [0.1, 0.15) is 5.75 Å². The Hall–Kier alpha value is -2.24. The van der Waals surface area contributed by atoms with Crippen LogP contribution in [0.4, 0.5) is 11.4 Å². The van der Waals surface area contributed by atoms with Crippen LogP contribution in [0.15, 0.2) is 29.0 Å². The maximum Gasteiger partial charge on any atom is 0.228 e. The summed E-state index contributed by atoms with van der Waals surface area (Å²) in [6.45, 7) is 3.39. The van der Waals surface area contributed by atoms with E-state index in [9.17, 15) is 0 Å². The second kappa shape index (κ2) is 6.63. The standard InChI is InChI=1S/C13H18N4O2/c1-2-8-18-11-5-3-4-10(13(11)14)15-7-6-12-16-9-17-19-12/h3-5,9,15H,2,6-8,14H2,1H3. The van der Waals surface area contributed by atoms with Crippen LogP contribution >= 0.6 is 0 Å². The molecule has 6 heteroatoms. The number of benzene rings is 1. The van der Waals surface area contributed by atoms with Gasteiger partial charge in [0, 0.05) is 13.0 Å². The number of nitrogen functional groups attached to an aromatic ring is 1. The Morgan fingerprint density at radius 3 is 3.05 bits per heavy atom. The van der Waals surface area contributed by atoms with Crippen molar-refractivity contribution in [2.24, 2.45) is 0 Å². The molecule has 1 aromatic carbocycles. The minimum absolute atomic E-state index is 0.601. The number of nitrogens with two attached hydrogens (primary N) is 1. The Morgan fingerprint density at radius 2 is 2.32 bits per heavy atom. The van der Waals surface area contributed by atoms with Gasteiger partial charge in [0.15, 0.2) is 6.33 Å². The first-order valence-corrected chi connectivity index (χ1v) is 6.32. The molecule has 0 aliphatic heterocycles. The molecule has 0 atom stereocenters. The van der Waals surface area contributed by atoms with Gasteiger partial charge in [-0.05, 0) is 18.6 Å². The molecule has 2 aromatic rings. The Labute approximate surface area is 112 Å². The van der Waals surface area contributed by atoms with Crippen LogP contribution in [0.25, 0.3) is 0 Å². The maximum atomic E-state index is 6.04. The Morgan fingerprint density at radius 1 is 1.42 bits per heavy atom. The van der Waals surface area contributed by atoms with Crippen LogP contribution in [0.2, 0.25) is 0 Å². The summed E-state index contributed by atoms with van der Waals surface area (Å²) in [5.74, 6) is 1.31. The van der Waals surface area contributed by atoms with E-state index in [1.165, 1.54) is 6.33 Å². The molecule has 3 N–H and O–H groups in total. The molecular weight excluding hydrogens is 244 g/mol. The first-order chi connectivity index (χ1) is 9.31. The van der Waals surface area contributed by atoms with E-state index in [0.29, 0.717) is 36.9 Å². The van der Waals surface area contributed by atoms with Gasteiger partial charge in [-0.2, -0.15) is 4.98 Å². The molecule has 0 bridgehead atoms. The first-order valence-electron chi connectivity index (χ1n) is 6.32. The molecule has 0 fully saturated rings. The largest absolute Gasteiger partial charge is 0.491 e. The summed E-state index contributed by atoms with van der Waals surface area (Å²) in [7, 11) is 0. The number of nitrogens with one attached hydrogen (secondary N) is 1. The quantitative estimate of drug-likeness (QED) is 0.743. The lowest BCUT2D eigenvalue weighted by Gasteiger charge is -2.13. The Balaban J connectivity index is 1.92. The van der Waals surface area contributed by atoms with E-state index in [-0.39, 0.29) is 0 Å². The number of hydrogen-bond acceptors (Lipinski definition) is 6. The summed E-state index contributed by atoms with van der Waals surface area (Å²) in [5.41, 5.74) is 7.53. The van der Waals surface area contributed by atoms with Crippen molar-refractivity contribution in [1.82, 2.24) is 10.1 Å². The van der Waals surface area contributed by atoms with Gasteiger partial charge in [-0.1, -0.05) is 18.1 Å². The third-order valence-corrected chi connectivity index (χ3v) is 2.59. The summed E-state index contributed by atoms with van der Waals surface area (Å²) in [6.07, 6.45) is 3.00. The molecule has 0 aliphatic rings. The monoisotopic (exact) mass is 262 g/mol. The van der Waals surface area contributed by atoms with Crippen molar-refractivity contribution in [3.8, 4) is 5.75 Å². The highest BCUT2D eigenvalue weighted by Crippen LogP contribution is 2.29. The van der Waals surface area contributed by atoms with Gasteiger partial charge in [-0.15, -0.1) is 0 Å². The van der Waals surface area contributed by atoms with Gasteiger partial charge in [0.05, 0.1) is 18.0 Å². The minimum Gasteiger partial charge on any atom is -0.491 e. The SMILES string of the molecule is CCCOc1cccc(NCCc2ncno2)c1N. The van der Waals surface area contributed by atoms with Gasteiger partial charge in [-0.3, -0.25) is 0 Å². The normalized spacial score (nSPS) is 10.4. The number of ether oxygens (including phenoxy) is 1. The molecule has 0 saturated heterocycles. The van der Waals surface area contributed by atoms with E-state index in [1.807, 2.05) is 18.2 Å². The molecule has 1 aromatic heterocycles. The van der Waals surface area contributed by atoms with Crippen molar-refractivity contribution in [3.05, 3.63) is 30.4 Å². The van der Waals surface area contributed by atoms with E-state index in [1.54, 1.807) is 0 Å². The predicted molar refractivity (Wildman–Crippen MR) is 73.1 cm³/mol. The average molecular weight is 262 g/mol. The van der Waals surface area contributed by atoms with Crippen molar-refractivity contribution >= 4 is 11.4 Å². The maximum absolute atomic E-state index is 6.04. The van der Waals surface area contributed by atoms with Crippen LogP contribution in [0.3, 0.4) is 0 Å². The zero-order chi connectivity index (χ0) is 13.5. The fourth-order valence-electron chi connectivity index (χ4n) is 1.65. The lowest BCUT2D eigenvalue weighted by atomic mass is 10.2. The van der Waals surface area contributed by atoms with Crippen LogP contribution in [-0.2, 0) is 6.42 Å². The van der Waals surface area contributed by atoms with E-state index in [2.05, 4.69) is 22.4 Å².